The lowest BCUT2D eigenvalue weighted by Crippen LogP contribution is -2.35. The third kappa shape index (κ3) is 2.68. The quantitative estimate of drug-likeness (QED) is 0.653. The molecule has 84 valence electrons. The van der Waals surface area contributed by atoms with Crippen LogP contribution in [0, 0.1) is 0 Å². The molecule has 1 aromatic rings. The first-order chi connectivity index (χ1) is 7.24. The molecule has 1 rings (SSSR count). The van der Waals surface area contributed by atoms with Crippen LogP contribution in [-0.4, -0.2) is 31.9 Å². The number of aliphatic hydroxyl groups is 1. The van der Waals surface area contributed by atoms with E-state index < -0.39 is 6.10 Å². The predicted octanol–water partition coefficient (Wildman–Crippen LogP) is 0.275. The second-order valence-electron chi connectivity index (χ2n) is 3.31. The molecule has 0 spiro atoms. The molecule has 2 unspecified atom stereocenters. The van der Waals surface area contributed by atoms with Crippen molar-refractivity contribution < 1.29 is 9.84 Å². The van der Waals surface area contributed by atoms with Crippen molar-refractivity contribution in [3.8, 4) is 5.75 Å². The van der Waals surface area contributed by atoms with Crippen LogP contribution in [0.5, 0.6) is 5.75 Å². The molecule has 4 heteroatoms. The van der Waals surface area contributed by atoms with Crippen molar-refractivity contribution in [1.82, 2.24) is 5.32 Å². The Bertz CT molecular complexity index is 304. The van der Waals surface area contributed by atoms with Gasteiger partial charge in [-0.15, -0.1) is 0 Å². The standard InChI is InChI=1S/C11H18N2O2/c1-13-11(9(14)7-12)8-5-3-4-6-10(8)15-2/h3-6,9,11,13-14H,7,12H2,1-2H3. The fourth-order valence-electron chi connectivity index (χ4n) is 1.61. The number of para-hydroxylation sites is 1. The number of nitrogens with one attached hydrogen (secondary N) is 1. The minimum absolute atomic E-state index is 0.203. The van der Waals surface area contributed by atoms with E-state index in [9.17, 15) is 5.11 Å². The first kappa shape index (κ1) is 12.0. The molecule has 0 aromatic heterocycles. The molecule has 0 bridgehead atoms. The second kappa shape index (κ2) is 5.70. The molecule has 0 amide bonds. The number of aliphatic hydroxyl groups excluding tert-OH is 1. The third-order valence-electron chi connectivity index (χ3n) is 2.41. The Kier molecular flexibility index (Phi) is 4.55. The molecule has 0 saturated heterocycles. The van der Waals surface area contributed by atoms with Gasteiger partial charge in [0.15, 0.2) is 0 Å². The monoisotopic (exact) mass is 210 g/mol. The Morgan fingerprint density at radius 2 is 2.13 bits per heavy atom. The Morgan fingerprint density at radius 3 is 2.67 bits per heavy atom. The lowest BCUT2D eigenvalue weighted by molar-refractivity contribution is 0.137. The minimum Gasteiger partial charge on any atom is -0.496 e. The molecule has 0 heterocycles. The maximum Gasteiger partial charge on any atom is 0.123 e. The summed E-state index contributed by atoms with van der Waals surface area (Å²) in [6, 6.07) is 7.38. The number of ether oxygens (including phenoxy) is 1. The molecular weight excluding hydrogens is 192 g/mol. The SMILES string of the molecule is CNC(c1ccccc1OC)C(O)CN. The topological polar surface area (TPSA) is 67.5 Å². The van der Waals surface area contributed by atoms with E-state index in [1.165, 1.54) is 0 Å². The van der Waals surface area contributed by atoms with E-state index in [1.54, 1.807) is 14.2 Å². The Morgan fingerprint density at radius 1 is 1.47 bits per heavy atom. The summed E-state index contributed by atoms with van der Waals surface area (Å²) in [5.74, 6) is 0.754. The van der Waals surface area contributed by atoms with Gasteiger partial charge in [0.1, 0.15) is 5.75 Å². The fourth-order valence-corrected chi connectivity index (χ4v) is 1.61. The van der Waals surface area contributed by atoms with Crippen LogP contribution in [0.15, 0.2) is 24.3 Å². The Labute approximate surface area is 90.1 Å². The molecule has 0 aliphatic heterocycles. The maximum absolute atomic E-state index is 9.75. The van der Waals surface area contributed by atoms with Crippen LogP contribution in [0.2, 0.25) is 0 Å². The van der Waals surface area contributed by atoms with E-state index in [4.69, 9.17) is 10.5 Å². The van der Waals surface area contributed by atoms with Gasteiger partial charge < -0.3 is 20.9 Å². The van der Waals surface area contributed by atoms with Crippen molar-refractivity contribution in [3.63, 3.8) is 0 Å². The summed E-state index contributed by atoms with van der Waals surface area (Å²) in [6.07, 6.45) is -0.619. The zero-order chi connectivity index (χ0) is 11.3. The molecule has 15 heavy (non-hydrogen) atoms. The van der Waals surface area contributed by atoms with Crippen LogP contribution < -0.4 is 15.8 Å². The van der Waals surface area contributed by atoms with Crippen molar-refractivity contribution >= 4 is 0 Å². The summed E-state index contributed by atoms with van der Waals surface area (Å²) in [5, 5.41) is 12.8. The van der Waals surface area contributed by atoms with Crippen LogP contribution in [-0.2, 0) is 0 Å². The van der Waals surface area contributed by atoms with Gasteiger partial charge in [0.05, 0.1) is 19.3 Å². The zero-order valence-electron chi connectivity index (χ0n) is 9.10. The van der Waals surface area contributed by atoms with Gasteiger partial charge in [0, 0.05) is 12.1 Å². The summed E-state index contributed by atoms with van der Waals surface area (Å²) in [4.78, 5) is 0. The maximum atomic E-state index is 9.75. The molecule has 4 N–H and O–H groups in total. The highest BCUT2D eigenvalue weighted by atomic mass is 16.5. The Hall–Kier alpha value is -1.10. The van der Waals surface area contributed by atoms with E-state index in [1.807, 2.05) is 24.3 Å². The molecular formula is C11H18N2O2. The van der Waals surface area contributed by atoms with Crippen molar-refractivity contribution in [2.24, 2.45) is 5.73 Å². The summed E-state index contributed by atoms with van der Waals surface area (Å²) in [7, 11) is 3.40. The minimum atomic E-state index is -0.619. The molecule has 0 radical (unpaired) electrons. The third-order valence-corrected chi connectivity index (χ3v) is 2.41. The summed E-state index contributed by atoms with van der Waals surface area (Å²) >= 11 is 0. The molecule has 4 nitrogen and oxygen atoms in total. The van der Waals surface area contributed by atoms with Gasteiger partial charge in [0.25, 0.3) is 0 Å². The predicted molar refractivity (Wildman–Crippen MR) is 59.9 cm³/mol. The van der Waals surface area contributed by atoms with Gasteiger partial charge >= 0.3 is 0 Å². The molecule has 0 aliphatic carbocycles. The fraction of sp³-hybridized carbons (Fsp3) is 0.455. The van der Waals surface area contributed by atoms with E-state index in [-0.39, 0.29) is 12.6 Å². The molecule has 1 aromatic carbocycles. The average molecular weight is 210 g/mol. The number of benzene rings is 1. The second-order valence-corrected chi connectivity index (χ2v) is 3.31. The van der Waals surface area contributed by atoms with Gasteiger partial charge in [-0.25, -0.2) is 0 Å². The van der Waals surface area contributed by atoms with Crippen LogP contribution in [0.25, 0.3) is 0 Å². The number of hydrogen-bond acceptors (Lipinski definition) is 4. The molecule has 0 fully saturated rings. The number of methoxy groups -OCH3 is 1. The van der Waals surface area contributed by atoms with Crippen LogP contribution in [0.3, 0.4) is 0 Å². The van der Waals surface area contributed by atoms with E-state index in [0.717, 1.165) is 11.3 Å². The highest BCUT2D eigenvalue weighted by molar-refractivity contribution is 5.36. The summed E-state index contributed by atoms with van der Waals surface area (Å²) in [5.41, 5.74) is 6.36. The molecule has 0 aliphatic rings. The van der Waals surface area contributed by atoms with Gasteiger partial charge in [-0.2, -0.15) is 0 Å². The van der Waals surface area contributed by atoms with E-state index in [2.05, 4.69) is 5.32 Å². The van der Waals surface area contributed by atoms with Crippen molar-refractivity contribution in [1.29, 1.82) is 0 Å². The average Bonchev–Trinajstić information content (AvgIpc) is 2.30. The number of rotatable bonds is 5. The number of hydrogen-bond donors (Lipinski definition) is 3. The van der Waals surface area contributed by atoms with Crippen molar-refractivity contribution in [3.05, 3.63) is 29.8 Å². The highest BCUT2D eigenvalue weighted by Crippen LogP contribution is 2.26. The number of nitrogens with two attached hydrogens (primary N) is 1. The summed E-state index contributed by atoms with van der Waals surface area (Å²) in [6.45, 7) is 0.212. The van der Waals surface area contributed by atoms with Crippen LogP contribution in [0.4, 0.5) is 0 Å². The van der Waals surface area contributed by atoms with Gasteiger partial charge in [0.2, 0.25) is 0 Å². The number of likely N-dealkylation sites (N-methyl/N-ethyl adjacent to an activating group) is 1. The normalized spacial score (nSPS) is 14.7. The lowest BCUT2D eigenvalue weighted by Gasteiger charge is -2.23. The van der Waals surface area contributed by atoms with Crippen molar-refractivity contribution in [2.75, 3.05) is 20.7 Å². The smallest absolute Gasteiger partial charge is 0.123 e. The van der Waals surface area contributed by atoms with Crippen LogP contribution >= 0.6 is 0 Å². The highest BCUT2D eigenvalue weighted by Gasteiger charge is 2.20. The van der Waals surface area contributed by atoms with Gasteiger partial charge in [-0.3, -0.25) is 0 Å². The van der Waals surface area contributed by atoms with Crippen LogP contribution in [0.1, 0.15) is 11.6 Å². The van der Waals surface area contributed by atoms with E-state index >= 15 is 0 Å². The Balaban J connectivity index is 3.00. The first-order valence-electron chi connectivity index (χ1n) is 4.93. The zero-order valence-corrected chi connectivity index (χ0v) is 9.10. The summed E-state index contributed by atoms with van der Waals surface area (Å²) < 4.78 is 5.23. The van der Waals surface area contributed by atoms with Gasteiger partial charge in [-0.05, 0) is 13.1 Å². The largest absolute Gasteiger partial charge is 0.496 e. The van der Waals surface area contributed by atoms with E-state index in [0.29, 0.717) is 0 Å². The van der Waals surface area contributed by atoms with Crippen molar-refractivity contribution in [2.45, 2.75) is 12.1 Å². The molecule has 2 atom stereocenters. The lowest BCUT2D eigenvalue weighted by atomic mass is 10.0. The first-order valence-corrected chi connectivity index (χ1v) is 4.93. The molecule has 0 saturated carbocycles. The van der Waals surface area contributed by atoms with Gasteiger partial charge in [-0.1, -0.05) is 18.2 Å².